The van der Waals surface area contributed by atoms with Gasteiger partial charge < -0.3 is 24.8 Å². The number of hydrogen-bond acceptors (Lipinski definition) is 5. The van der Waals surface area contributed by atoms with Gasteiger partial charge in [0, 0.05) is 30.2 Å². The van der Waals surface area contributed by atoms with E-state index in [1.807, 2.05) is 13.0 Å². The Balaban J connectivity index is 1.61. The molecule has 144 valence electrons. The second-order valence-corrected chi connectivity index (χ2v) is 9.62. The van der Waals surface area contributed by atoms with Crippen LogP contribution >= 0.6 is 0 Å². The van der Waals surface area contributed by atoms with Gasteiger partial charge in [0.15, 0.2) is 23.4 Å². The molecule has 2 aliphatic heterocycles. The molecule has 1 spiro atoms. The van der Waals surface area contributed by atoms with E-state index in [0.29, 0.717) is 44.0 Å². The second kappa shape index (κ2) is 4.67. The molecule has 1 saturated heterocycles. The van der Waals surface area contributed by atoms with Gasteiger partial charge in [-0.05, 0) is 30.9 Å². The van der Waals surface area contributed by atoms with Gasteiger partial charge in [0.25, 0.3) is 0 Å². The minimum absolute atomic E-state index is 0.0185. The fourth-order valence-electron chi connectivity index (χ4n) is 6.81. The highest BCUT2D eigenvalue weighted by molar-refractivity contribution is 5.91. The van der Waals surface area contributed by atoms with Crippen LogP contribution in [0.4, 0.5) is 0 Å². The number of aromatic hydroxyl groups is 1. The van der Waals surface area contributed by atoms with Crippen LogP contribution < -0.4 is 4.74 Å². The molecule has 3 unspecified atom stereocenters. The van der Waals surface area contributed by atoms with Crippen molar-refractivity contribution in [2.24, 2.45) is 11.8 Å². The van der Waals surface area contributed by atoms with Crippen LogP contribution in [0.3, 0.4) is 0 Å². The summed E-state index contributed by atoms with van der Waals surface area (Å²) in [6, 6.07) is 2.97. The fraction of sp³-hybridized carbons (Fsp3) is 0.667. The number of Topliss-reactive ketones (excluding diaryl/α,β-unsaturated/α-hetero) is 1. The number of phenolic OH excluding ortho intramolecular Hbond substituents is 1. The van der Waals surface area contributed by atoms with Crippen molar-refractivity contribution in [2.45, 2.75) is 62.2 Å². The maximum absolute atomic E-state index is 14.0. The Morgan fingerprint density at radius 1 is 1.37 bits per heavy atom. The van der Waals surface area contributed by atoms with Gasteiger partial charge in [-0.15, -0.1) is 0 Å². The number of ketones is 1. The molecule has 0 radical (unpaired) electrons. The Morgan fingerprint density at radius 2 is 2.15 bits per heavy atom. The standard InChI is InChI=1S/C21H25NO5/c1-11-9-21(25)15-8-13-4-5-14(23)18-16(13)20(21,19(27-18)17(11)24)6-7-22(15,26)10-12-2-3-12/h4-5,11-12,15,19,23,25H,2-3,6-10H2,1H3/t11?,15-,19+,20?,21-,22?/m1/s1. The minimum atomic E-state index is -1.27. The first-order chi connectivity index (χ1) is 12.8. The van der Waals surface area contributed by atoms with Crippen LogP contribution in [0.25, 0.3) is 0 Å². The molecule has 0 amide bonds. The van der Waals surface area contributed by atoms with Crippen LogP contribution in [0.2, 0.25) is 0 Å². The molecule has 2 heterocycles. The first-order valence-corrected chi connectivity index (χ1v) is 10.2. The highest BCUT2D eigenvalue weighted by Gasteiger charge is 2.77. The van der Waals surface area contributed by atoms with Crippen LogP contribution in [-0.4, -0.2) is 51.5 Å². The van der Waals surface area contributed by atoms with Crippen molar-refractivity contribution in [3.05, 3.63) is 28.5 Å². The summed E-state index contributed by atoms with van der Waals surface area (Å²) in [6.45, 7) is 2.79. The van der Waals surface area contributed by atoms with Gasteiger partial charge in [-0.1, -0.05) is 13.0 Å². The Bertz CT molecular complexity index is 882. The summed E-state index contributed by atoms with van der Waals surface area (Å²) in [5.41, 5.74) is -0.412. The molecular formula is C21H25NO5. The van der Waals surface area contributed by atoms with Crippen molar-refractivity contribution in [3.63, 3.8) is 0 Å². The summed E-state index contributed by atoms with van der Waals surface area (Å²) >= 11 is 0. The molecule has 1 aromatic carbocycles. The Labute approximate surface area is 157 Å². The molecular weight excluding hydrogens is 346 g/mol. The molecule has 2 N–H and O–H groups in total. The van der Waals surface area contributed by atoms with Gasteiger partial charge in [-0.25, -0.2) is 0 Å². The number of benzene rings is 1. The molecule has 6 atom stereocenters. The van der Waals surface area contributed by atoms with Gasteiger partial charge in [0.1, 0.15) is 11.6 Å². The predicted molar refractivity (Wildman–Crippen MR) is 96.1 cm³/mol. The van der Waals surface area contributed by atoms with Crippen molar-refractivity contribution in [2.75, 3.05) is 13.1 Å². The number of carbonyl (C=O) groups excluding carboxylic acids is 1. The topological polar surface area (TPSA) is 89.8 Å². The first-order valence-electron chi connectivity index (χ1n) is 10.2. The van der Waals surface area contributed by atoms with E-state index < -0.39 is 23.2 Å². The predicted octanol–water partition coefficient (Wildman–Crippen LogP) is 1.78. The lowest BCUT2D eigenvalue weighted by Crippen LogP contribution is -2.81. The van der Waals surface area contributed by atoms with Crippen molar-refractivity contribution in [1.82, 2.24) is 0 Å². The third-order valence-corrected chi connectivity index (χ3v) is 8.17. The lowest BCUT2D eigenvalue weighted by Gasteiger charge is -2.67. The van der Waals surface area contributed by atoms with E-state index >= 15 is 0 Å². The first kappa shape index (κ1) is 16.3. The lowest BCUT2D eigenvalue weighted by molar-refractivity contribution is -0.924. The number of quaternary nitrogens is 1. The van der Waals surface area contributed by atoms with E-state index in [-0.39, 0.29) is 22.1 Å². The highest BCUT2D eigenvalue weighted by Crippen LogP contribution is 2.66. The van der Waals surface area contributed by atoms with E-state index in [9.17, 15) is 20.2 Å². The summed E-state index contributed by atoms with van der Waals surface area (Å²) in [6.07, 6.45) is 2.63. The summed E-state index contributed by atoms with van der Waals surface area (Å²) in [5.74, 6) is 0.460. The molecule has 6 rings (SSSR count). The number of hydrogen-bond donors (Lipinski definition) is 2. The average molecular weight is 371 g/mol. The molecule has 0 aromatic heterocycles. The second-order valence-electron chi connectivity index (χ2n) is 9.62. The molecule has 5 aliphatic rings. The number of rotatable bonds is 2. The third-order valence-electron chi connectivity index (χ3n) is 8.17. The van der Waals surface area contributed by atoms with Crippen LogP contribution in [0.1, 0.15) is 43.7 Å². The number of carbonyl (C=O) groups is 1. The van der Waals surface area contributed by atoms with Gasteiger partial charge in [0.2, 0.25) is 0 Å². The van der Waals surface area contributed by atoms with E-state index in [1.54, 1.807) is 6.07 Å². The van der Waals surface area contributed by atoms with E-state index in [4.69, 9.17) is 4.74 Å². The van der Waals surface area contributed by atoms with E-state index in [2.05, 4.69) is 0 Å². The van der Waals surface area contributed by atoms with Crippen molar-refractivity contribution >= 4 is 5.78 Å². The number of nitrogens with zero attached hydrogens (tertiary/aromatic N) is 1. The van der Waals surface area contributed by atoms with Crippen molar-refractivity contribution in [3.8, 4) is 11.5 Å². The summed E-state index contributed by atoms with van der Waals surface area (Å²) < 4.78 is 5.70. The zero-order valence-corrected chi connectivity index (χ0v) is 15.5. The van der Waals surface area contributed by atoms with Crippen LogP contribution in [0, 0.1) is 17.0 Å². The monoisotopic (exact) mass is 371 g/mol. The number of likely N-dealkylation sites (tertiary alicyclic amines) is 1. The zero-order chi connectivity index (χ0) is 18.8. The normalized spacial score (nSPS) is 46.8. The molecule has 3 aliphatic carbocycles. The molecule has 2 saturated carbocycles. The maximum atomic E-state index is 14.0. The number of phenols is 1. The van der Waals surface area contributed by atoms with Gasteiger partial charge in [0.05, 0.1) is 18.5 Å². The van der Waals surface area contributed by atoms with Crippen molar-refractivity contribution < 1.29 is 24.4 Å². The minimum Gasteiger partial charge on any atom is -0.632 e. The third kappa shape index (κ3) is 1.71. The lowest BCUT2D eigenvalue weighted by atomic mass is 9.47. The van der Waals surface area contributed by atoms with E-state index in [0.717, 1.165) is 24.0 Å². The number of hydroxylamine groups is 3. The van der Waals surface area contributed by atoms with Gasteiger partial charge >= 0.3 is 0 Å². The summed E-state index contributed by atoms with van der Waals surface area (Å²) in [4.78, 5) is 13.1. The van der Waals surface area contributed by atoms with Crippen LogP contribution in [0.15, 0.2) is 12.1 Å². The number of aliphatic hydroxyl groups is 1. The Hall–Kier alpha value is -1.63. The Morgan fingerprint density at radius 3 is 2.89 bits per heavy atom. The maximum Gasteiger partial charge on any atom is 0.177 e. The molecule has 6 heteroatoms. The summed E-state index contributed by atoms with van der Waals surface area (Å²) in [7, 11) is 0. The van der Waals surface area contributed by atoms with E-state index in [1.165, 1.54) is 0 Å². The Kier molecular flexibility index (Phi) is 2.83. The molecule has 3 fully saturated rings. The van der Waals surface area contributed by atoms with Gasteiger partial charge in [-0.2, -0.15) is 0 Å². The van der Waals surface area contributed by atoms with Crippen molar-refractivity contribution in [1.29, 1.82) is 0 Å². The number of ether oxygens (including phenoxy) is 1. The molecule has 27 heavy (non-hydrogen) atoms. The fourth-order valence-corrected chi connectivity index (χ4v) is 6.81. The SMILES string of the molecule is CC1C[C@@]2(O)[C@H]3Cc4ccc(O)c5c4C2(CC[N+]3([O-])CC2CC2)[C@@H](O5)C1=O. The quantitative estimate of drug-likeness (QED) is 0.611. The number of piperidine rings is 1. The molecule has 6 nitrogen and oxygen atoms in total. The molecule has 1 aromatic rings. The smallest absolute Gasteiger partial charge is 0.177 e. The average Bonchev–Trinajstić information content (AvgIpc) is 3.34. The zero-order valence-electron chi connectivity index (χ0n) is 15.5. The van der Waals surface area contributed by atoms with Gasteiger partial charge in [-0.3, -0.25) is 4.79 Å². The van der Waals surface area contributed by atoms with Crippen LogP contribution in [-0.2, 0) is 16.6 Å². The van der Waals surface area contributed by atoms with Crippen LogP contribution in [0.5, 0.6) is 11.5 Å². The highest BCUT2D eigenvalue weighted by atomic mass is 16.6. The molecule has 2 bridgehead atoms. The summed E-state index contributed by atoms with van der Waals surface area (Å²) in [5, 5.41) is 36.5. The largest absolute Gasteiger partial charge is 0.632 e.